The first-order chi connectivity index (χ1) is 7.91. The molecule has 6 heteroatoms. The molecular formula is C11H22N2O3S. The lowest BCUT2D eigenvalue weighted by atomic mass is 10.1. The highest BCUT2D eigenvalue weighted by atomic mass is 32.2. The van der Waals surface area contributed by atoms with Gasteiger partial charge in [-0.3, -0.25) is 4.79 Å². The van der Waals surface area contributed by atoms with Gasteiger partial charge in [-0.15, -0.1) is 0 Å². The van der Waals surface area contributed by atoms with Crippen LogP contribution in [0.25, 0.3) is 0 Å². The van der Waals surface area contributed by atoms with E-state index in [1.807, 2.05) is 0 Å². The maximum absolute atomic E-state index is 11.3. The van der Waals surface area contributed by atoms with E-state index in [2.05, 4.69) is 5.32 Å². The minimum Gasteiger partial charge on any atom is -0.349 e. The van der Waals surface area contributed by atoms with Crippen LogP contribution in [-0.2, 0) is 14.6 Å². The van der Waals surface area contributed by atoms with Gasteiger partial charge in [-0.05, 0) is 25.8 Å². The topological polar surface area (TPSA) is 66.5 Å². The molecule has 0 unspecified atom stereocenters. The Morgan fingerprint density at radius 2 is 1.88 bits per heavy atom. The summed E-state index contributed by atoms with van der Waals surface area (Å²) in [6.45, 7) is 0.782. The van der Waals surface area contributed by atoms with E-state index in [-0.39, 0.29) is 5.91 Å². The predicted octanol–water partition coefficient (Wildman–Crippen LogP) is 0.0216. The molecule has 1 N–H and O–H groups in total. The first-order valence-corrected chi connectivity index (χ1v) is 7.87. The van der Waals surface area contributed by atoms with E-state index in [1.54, 1.807) is 19.0 Å². The van der Waals surface area contributed by atoms with E-state index < -0.39 is 9.84 Å². The minimum atomic E-state index is -2.77. The molecule has 17 heavy (non-hydrogen) atoms. The minimum absolute atomic E-state index is 0.137. The summed E-state index contributed by atoms with van der Waals surface area (Å²) in [5.41, 5.74) is 0. The number of rotatable bonds is 5. The number of amides is 1. The van der Waals surface area contributed by atoms with Gasteiger partial charge in [0.15, 0.2) is 0 Å². The van der Waals surface area contributed by atoms with Crippen LogP contribution in [0.2, 0.25) is 0 Å². The van der Waals surface area contributed by atoms with Crippen LogP contribution >= 0.6 is 0 Å². The Labute approximate surface area is 103 Å². The lowest BCUT2D eigenvalue weighted by Crippen LogP contribution is -2.38. The lowest BCUT2D eigenvalue weighted by molar-refractivity contribution is -0.128. The molecule has 0 spiro atoms. The van der Waals surface area contributed by atoms with Gasteiger partial charge in [-0.25, -0.2) is 8.42 Å². The van der Waals surface area contributed by atoms with Crippen molar-refractivity contribution in [2.24, 2.45) is 0 Å². The van der Waals surface area contributed by atoms with Crippen molar-refractivity contribution in [1.82, 2.24) is 10.2 Å². The van der Waals surface area contributed by atoms with Gasteiger partial charge in [-0.2, -0.15) is 0 Å². The molecule has 1 saturated heterocycles. The molecule has 0 aromatic rings. The van der Waals surface area contributed by atoms with Gasteiger partial charge in [0.2, 0.25) is 5.91 Å². The van der Waals surface area contributed by atoms with E-state index in [0.29, 0.717) is 36.8 Å². The second kappa shape index (κ2) is 6.35. The van der Waals surface area contributed by atoms with Crippen molar-refractivity contribution >= 4 is 15.7 Å². The fourth-order valence-electron chi connectivity index (χ4n) is 1.86. The largest absolute Gasteiger partial charge is 0.349 e. The van der Waals surface area contributed by atoms with Gasteiger partial charge in [0.05, 0.1) is 11.5 Å². The fourth-order valence-corrected chi connectivity index (χ4v) is 3.35. The zero-order valence-corrected chi connectivity index (χ0v) is 11.4. The van der Waals surface area contributed by atoms with Crippen LogP contribution in [0.15, 0.2) is 0 Å². The number of hydrogen-bond donors (Lipinski definition) is 1. The third-order valence-electron chi connectivity index (χ3n) is 3.05. The van der Waals surface area contributed by atoms with Gasteiger partial charge < -0.3 is 10.2 Å². The van der Waals surface area contributed by atoms with Crippen LogP contribution in [0.5, 0.6) is 0 Å². The van der Waals surface area contributed by atoms with E-state index in [1.165, 1.54) is 0 Å². The van der Waals surface area contributed by atoms with Crippen LogP contribution in [0.1, 0.15) is 25.7 Å². The maximum Gasteiger partial charge on any atom is 0.222 e. The second-order valence-corrected chi connectivity index (χ2v) is 7.08. The van der Waals surface area contributed by atoms with Gasteiger partial charge in [0.1, 0.15) is 9.84 Å². The summed E-state index contributed by atoms with van der Waals surface area (Å²) < 4.78 is 22.4. The van der Waals surface area contributed by atoms with E-state index >= 15 is 0 Å². The van der Waals surface area contributed by atoms with Crippen LogP contribution in [0, 0.1) is 0 Å². The molecule has 100 valence electrons. The predicted molar refractivity (Wildman–Crippen MR) is 67.6 cm³/mol. The molecule has 1 aliphatic heterocycles. The van der Waals surface area contributed by atoms with Crippen LogP contribution in [-0.4, -0.2) is 57.4 Å². The van der Waals surface area contributed by atoms with E-state index in [0.717, 1.165) is 13.0 Å². The van der Waals surface area contributed by atoms with E-state index in [9.17, 15) is 13.2 Å². The number of nitrogens with one attached hydrogen (secondary N) is 1. The Balaban J connectivity index is 2.10. The number of carbonyl (C=O) groups excluding carboxylic acids is 1. The van der Waals surface area contributed by atoms with Crippen molar-refractivity contribution in [3.8, 4) is 0 Å². The van der Waals surface area contributed by atoms with Gasteiger partial charge in [0, 0.05) is 26.6 Å². The highest BCUT2D eigenvalue weighted by Crippen LogP contribution is 2.12. The summed E-state index contributed by atoms with van der Waals surface area (Å²) in [5.74, 6) is 0.723. The molecule has 1 rings (SSSR count). The molecule has 5 nitrogen and oxygen atoms in total. The number of sulfone groups is 1. The van der Waals surface area contributed by atoms with Crippen LogP contribution < -0.4 is 5.32 Å². The number of carbonyl (C=O) groups is 1. The van der Waals surface area contributed by atoms with Crippen molar-refractivity contribution in [1.29, 1.82) is 0 Å². The Hall–Kier alpha value is -0.620. The number of nitrogens with zero attached hydrogens (tertiary/aromatic N) is 1. The molecule has 0 bridgehead atoms. The third kappa shape index (κ3) is 5.50. The SMILES string of the molecule is CN(C)C(=O)CCCNC1CCS(=O)(=O)CC1. The summed E-state index contributed by atoms with van der Waals surface area (Å²) in [7, 11) is 0.732. The van der Waals surface area contributed by atoms with Gasteiger partial charge in [0.25, 0.3) is 0 Å². The lowest BCUT2D eigenvalue weighted by Gasteiger charge is -2.23. The monoisotopic (exact) mass is 262 g/mol. The summed E-state index contributed by atoms with van der Waals surface area (Å²) in [6, 6.07) is 0.299. The third-order valence-corrected chi connectivity index (χ3v) is 4.77. The smallest absolute Gasteiger partial charge is 0.222 e. The van der Waals surface area contributed by atoms with Crippen LogP contribution in [0.3, 0.4) is 0 Å². The zero-order valence-electron chi connectivity index (χ0n) is 10.6. The van der Waals surface area contributed by atoms with E-state index in [4.69, 9.17) is 0 Å². The molecule has 1 fully saturated rings. The molecule has 0 aromatic heterocycles. The van der Waals surface area contributed by atoms with Crippen molar-refractivity contribution in [3.05, 3.63) is 0 Å². The summed E-state index contributed by atoms with van der Waals surface area (Å²) in [4.78, 5) is 12.9. The second-order valence-electron chi connectivity index (χ2n) is 4.77. The van der Waals surface area contributed by atoms with Gasteiger partial charge >= 0.3 is 0 Å². The molecule has 1 aliphatic rings. The summed E-state index contributed by atoms with van der Waals surface area (Å²) >= 11 is 0. The Kier molecular flexibility index (Phi) is 5.39. The highest BCUT2D eigenvalue weighted by Gasteiger charge is 2.22. The van der Waals surface area contributed by atoms with Crippen molar-refractivity contribution < 1.29 is 13.2 Å². The first-order valence-electron chi connectivity index (χ1n) is 6.05. The average Bonchev–Trinajstić information content (AvgIpc) is 2.25. The van der Waals surface area contributed by atoms with Crippen molar-refractivity contribution in [3.63, 3.8) is 0 Å². The molecule has 0 saturated carbocycles. The molecule has 0 aromatic carbocycles. The Bertz CT molecular complexity index is 338. The summed E-state index contributed by atoms with van der Waals surface area (Å²) in [6.07, 6.45) is 2.75. The molecular weight excluding hydrogens is 240 g/mol. The quantitative estimate of drug-likeness (QED) is 0.709. The Morgan fingerprint density at radius 1 is 1.29 bits per heavy atom. The van der Waals surface area contributed by atoms with Crippen molar-refractivity contribution in [2.75, 3.05) is 32.1 Å². The standard InChI is InChI=1S/C11H22N2O3S/c1-13(2)11(14)4-3-7-12-10-5-8-17(15,16)9-6-10/h10,12H,3-9H2,1-2H3. The Morgan fingerprint density at radius 3 is 2.41 bits per heavy atom. The first kappa shape index (κ1) is 14.4. The number of hydrogen-bond acceptors (Lipinski definition) is 4. The fraction of sp³-hybridized carbons (Fsp3) is 0.909. The molecule has 1 amide bonds. The average molecular weight is 262 g/mol. The van der Waals surface area contributed by atoms with Crippen LogP contribution in [0.4, 0.5) is 0 Å². The molecule has 1 heterocycles. The normalized spacial score (nSPS) is 20.1. The van der Waals surface area contributed by atoms with Gasteiger partial charge in [-0.1, -0.05) is 0 Å². The molecule has 0 atom stereocenters. The highest BCUT2D eigenvalue weighted by molar-refractivity contribution is 7.91. The molecule has 0 radical (unpaired) electrons. The maximum atomic E-state index is 11.3. The summed E-state index contributed by atoms with van der Waals surface area (Å²) in [5, 5.41) is 3.32. The van der Waals surface area contributed by atoms with Crippen molar-refractivity contribution in [2.45, 2.75) is 31.7 Å². The molecule has 0 aliphatic carbocycles. The zero-order chi connectivity index (χ0) is 12.9.